The predicted molar refractivity (Wildman–Crippen MR) is 94.7 cm³/mol. The summed E-state index contributed by atoms with van der Waals surface area (Å²) in [6.07, 6.45) is 0.440. The Balaban J connectivity index is 1.88. The molecule has 2 rings (SSSR count). The summed E-state index contributed by atoms with van der Waals surface area (Å²) in [6.45, 7) is 2.74. The van der Waals surface area contributed by atoms with Gasteiger partial charge in [0, 0.05) is 5.56 Å². The van der Waals surface area contributed by atoms with Crippen LogP contribution in [0.15, 0.2) is 54.6 Å². The summed E-state index contributed by atoms with van der Waals surface area (Å²) in [7, 11) is 0. The fourth-order valence-corrected chi connectivity index (χ4v) is 2.32. The van der Waals surface area contributed by atoms with Gasteiger partial charge in [0.05, 0.1) is 6.04 Å². The van der Waals surface area contributed by atoms with E-state index >= 15 is 0 Å². The zero-order valence-corrected chi connectivity index (χ0v) is 14.3. The average molecular weight is 339 g/mol. The third-order valence-corrected chi connectivity index (χ3v) is 3.74. The molecule has 0 radical (unpaired) electrons. The van der Waals surface area contributed by atoms with Gasteiger partial charge in [-0.2, -0.15) is 0 Å². The summed E-state index contributed by atoms with van der Waals surface area (Å²) in [6, 6.07) is 15.5. The minimum absolute atomic E-state index is 0.0329. The minimum Gasteiger partial charge on any atom is -0.484 e. The Kier molecular flexibility index (Phi) is 6.46. The monoisotopic (exact) mass is 339 g/mol. The highest BCUT2D eigenvalue weighted by Crippen LogP contribution is 2.12. The maximum absolute atomic E-state index is 12.1. The summed E-state index contributed by atoms with van der Waals surface area (Å²) >= 11 is 0. The van der Waals surface area contributed by atoms with Crippen LogP contribution in [0.2, 0.25) is 0 Å². The number of hydrogen-bond donors (Lipinski definition) is 1. The van der Waals surface area contributed by atoms with Crippen LogP contribution in [0.5, 0.6) is 5.75 Å². The topological polar surface area (TPSA) is 72.5 Å². The van der Waals surface area contributed by atoms with E-state index in [-0.39, 0.29) is 24.1 Å². The molecule has 0 aromatic heterocycles. The van der Waals surface area contributed by atoms with Gasteiger partial charge in [-0.3, -0.25) is 14.4 Å². The molecule has 0 aliphatic heterocycles. The Morgan fingerprint density at radius 3 is 2.16 bits per heavy atom. The highest BCUT2D eigenvalue weighted by molar-refractivity contribution is 5.94. The number of ketones is 2. The molecule has 25 heavy (non-hydrogen) atoms. The number of benzene rings is 2. The van der Waals surface area contributed by atoms with Gasteiger partial charge >= 0.3 is 0 Å². The lowest BCUT2D eigenvalue weighted by Crippen LogP contribution is -2.43. The molecule has 0 unspecified atom stereocenters. The summed E-state index contributed by atoms with van der Waals surface area (Å²) in [5.74, 6) is -0.0214. The number of carbonyl (C=O) groups excluding carboxylic acids is 3. The van der Waals surface area contributed by atoms with Gasteiger partial charge in [0.2, 0.25) is 0 Å². The maximum atomic E-state index is 12.1. The predicted octanol–water partition coefficient (Wildman–Crippen LogP) is 2.58. The molecule has 130 valence electrons. The van der Waals surface area contributed by atoms with Gasteiger partial charge in [0.25, 0.3) is 5.91 Å². The van der Waals surface area contributed by atoms with Crippen molar-refractivity contribution in [2.45, 2.75) is 26.3 Å². The first-order valence-corrected chi connectivity index (χ1v) is 8.03. The molecule has 0 fully saturated rings. The van der Waals surface area contributed by atoms with Gasteiger partial charge in [-0.1, -0.05) is 30.3 Å². The molecule has 0 spiro atoms. The molecular formula is C20H21NO4. The smallest absolute Gasteiger partial charge is 0.258 e. The van der Waals surface area contributed by atoms with E-state index in [9.17, 15) is 14.4 Å². The largest absolute Gasteiger partial charge is 0.484 e. The number of carbonyl (C=O) groups is 3. The zero-order chi connectivity index (χ0) is 18.2. The Morgan fingerprint density at radius 2 is 1.60 bits per heavy atom. The lowest BCUT2D eigenvalue weighted by atomic mass is 10.0. The second-order valence-electron chi connectivity index (χ2n) is 5.79. The van der Waals surface area contributed by atoms with Crippen molar-refractivity contribution in [2.75, 3.05) is 6.61 Å². The first-order valence-electron chi connectivity index (χ1n) is 8.03. The van der Waals surface area contributed by atoms with Crippen molar-refractivity contribution in [1.82, 2.24) is 5.32 Å². The quantitative estimate of drug-likeness (QED) is 0.750. The third-order valence-electron chi connectivity index (χ3n) is 3.74. The van der Waals surface area contributed by atoms with E-state index in [2.05, 4.69) is 5.32 Å². The van der Waals surface area contributed by atoms with Crippen molar-refractivity contribution in [1.29, 1.82) is 0 Å². The van der Waals surface area contributed by atoms with Crippen molar-refractivity contribution in [3.8, 4) is 5.75 Å². The number of rotatable bonds is 8. The first-order chi connectivity index (χ1) is 12.0. The molecule has 5 heteroatoms. The Morgan fingerprint density at radius 1 is 0.960 bits per heavy atom. The maximum Gasteiger partial charge on any atom is 0.258 e. The third kappa shape index (κ3) is 5.88. The van der Waals surface area contributed by atoms with Crippen LogP contribution in [-0.2, 0) is 16.0 Å². The molecule has 0 bridgehead atoms. The summed E-state index contributed by atoms with van der Waals surface area (Å²) < 4.78 is 5.40. The van der Waals surface area contributed by atoms with Crippen LogP contribution >= 0.6 is 0 Å². The Labute approximate surface area is 147 Å². The lowest BCUT2D eigenvalue weighted by molar-refractivity contribution is -0.128. The van der Waals surface area contributed by atoms with Crippen molar-refractivity contribution >= 4 is 17.5 Å². The van der Waals surface area contributed by atoms with Crippen LogP contribution in [-0.4, -0.2) is 30.1 Å². The molecular weight excluding hydrogens is 318 g/mol. The van der Waals surface area contributed by atoms with Crippen LogP contribution in [0.3, 0.4) is 0 Å². The summed E-state index contributed by atoms with van der Waals surface area (Å²) in [5, 5.41) is 2.70. The second kappa shape index (κ2) is 8.78. The second-order valence-corrected chi connectivity index (χ2v) is 5.79. The van der Waals surface area contributed by atoms with Crippen LogP contribution in [0.25, 0.3) is 0 Å². The van der Waals surface area contributed by atoms with Crippen molar-refractivity contribution in [2.24, 2.45) is 0 Å². The van der Waals surface area contributed by atoms with Gasteiger partial charge in [-0.25, -0.2) is 0 Å². The molecule has 1 N–H and O–H groups in total. The number of hydrogen-bond acceptors (Lipinski definition) is 4. The summed E-state index contributed by atoms with van der Waals surface area (Å²) in [4.78, 5) is 35.0. The van der Waals surface area contributed by atoms with E-state index in [4.69, 9.17) is 4.74 Å². The molecule has 2 aromatic rings. The van der Waals surface area contributed by atoms with E-state index in [0.29, 0.717) is 17.7 Å². The van der Waals surface area contributed by atoms with E-state index in [1.165, 1.54) is 13.8 Å². The van der Waals surface area contributed by atoms with E-state index in [1.807, 2.05) is 30.3 Å². The van der Waals surface area contributed by atoms with Gasteiger partial charge in [-0.05, 0) is 50.1 Å². The molecule has 0 aliphatic carbocycles. The number of nitrogens with one attached hydrogen (secondary N) is 1. The molecule has 0 saturated carbocycles. The molecule has 2 aromatic carbocycles. The van der Waals surface area contributed by atoms with Gasteiger partial charge < -0.3 is 10.1 Å². The van der Waals surface area contributed by atoms with E-state index < -0.39 is 6.04 Å². The summed E-state index contributed by atoms with van der Waals surface area (Å²) in [5.41, 5.74) is 1.56. The lowest BCUT2D eigenvalue weighted by Gasteiger charge is -2.16. The normalized spacial score (nSPS) is 11.4. The standard InChI is InChI=1S/C20H21NO4/c1-14(22)17-8-10-18(11-9-17)25-13-20(24)21-19(15(2)23)12-16-6-4-3-5-7-16/h3-11,19H,12-13H2,1-2H3,(H,21,24)/t19-/m1/s1. The minimum atomic E-state index is -0.585. The van der Waals surface area contributed by atoms with E-state index in [1.54, 1.807) is 24.3 Å². The molecule has 0 aliphatic rings. The van der Waals surface area contributed by atoms with Gasteiger partial charge in [0.1, 0.15) is 5.75 Å². The fraction of sp³-hybridized carbons (Fsp3) is 0.250. The van der Waals surface area contributed by atoms with Crippen LogP contribution in [0.4, 0.5) is 0 Å². The van der Waals surface area contributed by atoms with E-state index in [0.717, 1.165) is 5.56 Å². The Bertz CT molecular complexity index is 738. The molecule has 1 atom stereocenters. The number of amides is 1. The zero-order valence-electron chi connectivity index (χ0n) is 14.3. The Hall–Kier alpha value is -2.95. The van der Waals surface area contributed by atoms with Crippen molar-refractivity contribution < 1.29 is 19.1 Å². The van der Waals surface area contributed by atoms with Crippen LogP contribution in [0, 0.1) is 0 Å². The van der Waals surface area contributed by atoms with Crippen LogP contribution in [0.1, 0.15) is 29.8 Å². The molecule has 5 nitrogen and oxygen atoms in total. The molecule has 0 heterocycles. The highest BCUT2D eigenvalue weighted by Gasteiger charge is 2.17. The molecule has 0 saturated heterocycles. The number of ether oxygens (including phenoxy) is 1. The average Bonchev–Trinajstić information content (AvgIpc) is 2.60. The van der Waals surface area contributed by atoms with Crippen molar-refractivity contribution in [3.05, 3.63) is 65.7 Å². The van der Waals surface area contributed by atoms with Gasteiger partial charge in [-0.15, -0.1) is 0 Å². The van der Waals surface area contributed by atoms with Crippen LogP contribution < -0.4 is 10.1 Å². The van der Waals surface area contributed by atoms with Gasteiger partial charge in [0.15, 0.2) is 18.2 Å². The molecule has 1 amide bonds. The van der Waals surface area contributed by atoms with Crippen molar-refractivity contribution in [3.63, 3.8) is 0 Å². The highest BCUT2D eigenvalue weighted by atomic mass is 16.5. The first kappa shape index (κ1) is 18.4. The fourth-order valence-electron chi connectivity index (χ4n) is 2.32. The number of Topliss-reactive ketones (excluding diaryl/α,β-unsaturated/α-hetero) is 2. The SMILES string of the molecule is CC(=O)c1ccc(OCC(=O)N[C@H](Cc2ccccc2)C(C)=O)cc1.